The molecular weight excluding hydrogens is 220 g/mol. The van der Waals surface area contributed by atoms with Crippen LogP contribution in [-0.2, 0) is 6.54 Å². The van der Waals surface area contributed by atoms with E-state index >= 15 is 0 Å². The number of hydrogen-bond donors (Lipinski definition) is 2. The Labute approximate surface area is 101 Å². The van der Waals surface area contributed by atoms with Crippen molar-refractivity contribution in [1.82, 2.24) is 10.3 Å². The summed E-state index contributed by atoms with van der Waals surface area (Å²) < 4.78 is 0. The van der Waals surface area contributed by atoms with Gasteiger partial charge in [0.15, 0.2) is 0 Å². The van der Waals surface area contributed by atoms with E-state index in [-0.39, 0.29) is 0 Å². The Kier molecular flexibility index (Phi) is 3.22. The predicted molar refractivity (Wildman–Crippen MR) is 70.0 cm³/mol. The number of H-pyrrole nitrogens is 1. The van der Waals surface area contributed by atoms with Crippen LogP contribution in [-0.4, -0.2) is 11.0 Å². The van der Waals surface area contributed by atoms with E-state index in [1.165, 1.54) is 16.6 Å². The molecule has 0 bridgehead atoms. The molecule has 16 heavy (non-hydrogen) atoms. The molecule has 2 N–H and O–H groups in total. The van der Waals surface area contributed by atoms with E-state index in [9.17, 15) is 0 Å². The van der Waals surface area contributed by atoms with Gasteiger partial charge < -0.3 is 10.3 Å². The third-order valence-corrected chi connectivity index (χ3v) is 3.11. The van der Waals surface area contributed by atoms with Gasteiger partial charge in [0.2, 0.25) is 0 Å². The monoisotopic (exact) mass is 236 g/mol. The summed E-state index contributed by atoms with van der Waals surface area (Å²) in [6.07, 6.45) is 0. The summed E-state index contributed by atoms with van der Waals surface area (Å²) in [5.74, 6) is 0. The van der Waals surface area contributed by atoms with Gasteiger partial charge in [-0.05, 0) is 18.6 Å². The second kappa shape index (κ2) is 4.48. The predicted octanol–water partition coefficient (Wildman–Crippen LogP) is 3.63. The minimum atomic E-state index is 0.489. The molecule has 2 rings (SSSR count). The standard InChI is InChI=1S/C13H17ClN2/c1-8(2)15-7-11-9(3)16-13-10(11)5-4-6-12(13)14/h4-6,8,15-16H,7H2,1-3H3. The Morgan fingerprint density at radius 1 is 1.38 bits per heavy atom. The van der Waals surface area contributed by atoms with Gasteiger partial charge >= 0.3 is 0 Å². The summed E-state index contributed by atoms with van der Waals surface area (Å²) in [6.45, 7) is 7.27. The lowest BCUT2D eigenvalue weighted by molar-refractivity contribution is 0.589. The van der Waals surface area contributed by atoms with Crippen LogP contribution in [0.4, 0.5) is 0 Å². The maximum atomic E-state index is 6.15. The highest BCUT2D eigenvalue weighted by Gasteiger charge is 2.10. The second-order valence-electron chi connectivity index (χ2n) is 4.43. The fourth-order valence-corrected chi connectivity index (χ4v) is 2.12. The van der Waals surface area contributed by atoms with Crippen LogP contribution in [0.25, 0.3) is 10.9 Å². The maximum absolute atomic E-state index is 6.15. The highest BCUT2D eigenvalue weighted by molar-refractivity contribution is 6.35. The molecule has 1 aromatic heterocycles. The molecule has 0 saturated carbocycles. The van der Waals surface area contributed by atoms with Crippen molar-refractivity contribution < 1.29 is 0 Å². The summed E-state index contributed by atoms with van der Waals surface area (Å²) in [4.78, 5) is 3.35. The average Bonchev–Trinajstić information content (AvgIpc) is 2.53. The van der Waals surface area contributed by atoms with E-state index in [4.69, 9.17) is 11.6 Å². The van der Waals surface area contributed by atoms with E-state index in [2.05, 4.69) is 37.1 Å². The molecule has 0 fully saturated rings. The molecule has 0 spiro atoms. The molecule has 1 heterocycles. The summed E-state index contributed by atoms with van der Waals surface area (Å²) in [5, 5.41) is 5.45. The Balaban J connectivity index is 2.44. The fourth-order valence-electron chi connectivity index (χ4n) is 1.90. The zero-order valence-electron chi connectivity index (χ0n) is 9.89. The Morgan fingerprint density at radius 3 is 2.81 bits per heavy atom. The molecule has 0 aliphatic carbocycles. The zero-order chi connectivity index (χ0) is 11.7. The smallest absolute Gasteiger partial charge is 0.0648 e. The SMILES string of the molecule is Cc1[nH]c2c(Cl)cccc2c1CNC(C)C. The van der Waals surface area contributed by atoms with Gasteiger partial charge in [-0.2, -0.15) is 0 Å². The van der Waals surface area contributed by atoms with Crippen molar-refractivity contribution in [3.8, 4) is 0 Å². The molecular formula is C13H17ClN2. The van der Waals surface area contributed by atoms with E-state index in [0.717, 1.165) is 17.1 Å². The third kappa shape index (κ3) is 2.08. The number of aromatic amines is 1. The molecule has 0 radical (unpaired) electrons. The number of hydrogen-bond acceptors (Lipinski definition) is 1. The third-order valence-electron chi connectivity index (χ3n) is 2.79. The Morgan fingerprint density at radius 2 is 2.12 bits per heavy atom. The minimum Gasteiger partial charge on any atom is -0.357 e. The molecule has 0 amide bonds. The van der Waals surface area contributed by atoms with Gasteiger partial charge in [0.05, 0.1) is 10.5 Å². The van der Waals surface area contributed by atoms with E-state index in [1.807, 2.05) is 12.1 Å². The lowest BCUT2D eigenvalue weighted by Crippen LogP contribution is -2.22. The molecule has 3 heteroatoms. The number of fused-ring (bicyclic) bond motifs is 1. The van der Waals surface area contributed by atoms with Crippen molar-refractivity contribution in [3.05, 3.63) is 34.5 Å². The fraction of sp³-hybridized carbons (Fsp3) is 0.385. The van der Waals surface area contributed by atoms with Crippen molar-refractivity contribution in [2.75, 3.05) is 0 Å². The Hall–Kier alpha value is -0.990. The first kappa shape index (κ1) is 11.5. The number of para-hydroxylation sites is 1. The van der Waals surface area contributed by atoms with Crippen molar-refractivity contribution in [3.63, 3.8) is 0 Å². The molecule has 0 saturated heterocycles. The number of halogens is 1. The number of aryl methyl sites for hydroxylation is 1. The molecule has 2 nitrogen and oxygen atoms in total. The van der Waals surface area contributed by atoms with Gasteiger partial charge in [0.1, 0.15) is 0 Å². The molecule has 0 aliphatic rings. The van der Waals surface area contributed by atoms with Crippen LogP contribution in [0.2, 0.25) is 5.02 Å². The van der Waals surface area contributed by atoms with Crippen LogP contribution in [0.3, 0.4) is 0 Å². The van der Waals surface area contributed by atoms with E-state index < -0.39 is 0 Å². The molecule has 0 atom stereocenters. The minimum absolute atomic E-state index is 0.489. The molecule has 1 aromatic carbocycles. The highest BCUT2D eigenvalue weighted by atomic mass is 35.5. The van der Waals surface area contributed by atoms with Gasteiger partial charge in [-0.25, -0.2) is 0 Å². The van der Waals surface area contributed by atoms with E-state index in [0.29, 0.717) is 6.04 Å². The van der Waals surface area contributed by atoms with Crippen molar-refractivity contribution >= 4 is 22.5 Å². The quantitative estimate of drug-likeness (QED) is 0.837. The van der Waals surface area contributed by atoms with E-state index in [1.54, 1.807) is 0 Å². The van der Waals surface area contributed by atoms with Crippen LogP contribution in [0.1, 0.15) is 25.1 Å². The first-order valence-electron chi connectivity index (χ1n) is 5.58. The average molecular weight is 237 g/mol. The van der Waals surface area contributed by atoms with Gasteiger partial charge in [-0.3, -0.25) is 0 Å². The lowest BCUT2D eigenvalue weighted by Gasteiger charge is -2.08. The number of benzene rings is 1. The summed E-state index contributed by atoms with van der Waals surface area (Å²) in [5.41, 5.74) is 3.55. The largest absolute Gasteiger partial charge is 0.357 e. The number of aromatic nitrogens is 1. The van der Waals surface area contributed by atoms with Gasteiger partial charge in [-0.1, -0.05) is 37.6 Å². The van der Waals surface area contributed by atoms with Crippen LogP contribution in [0.5, 0.6) is 0 Å². The topological polar surface area (TPSA) is 27.8 Å². The summed E-state index contributed by atoms with van der Waals surface area (Å²) >= 11 is 6.15. The van der Waals surface area contributed by atoms with Crippen LogP contribution in [0, 0.1) is 6.92 Å². The van der Waals surface area contributed by atoms with Crippen LogP contribution >= 0.6 is 11.6 Å². The van der Waals surface area contributed by atoms with Gasteiger partial charge in [-0.15, -0.1) is 0 Å². The van der Waals surface area contributed by atoms with Crippen molar-refractivity contribution in [2.24, 2.45) is 0 Å². The van der Waals surface area contributed by atoms with Crippen LogP contribution < -0.4 is 5.32 Å². The maximum Gasteiger partial charge on any atom is 0.0648 e. The Bertz CT molecular complexity index is 500. The first-order chi connectivity index (χ1) is 7.59. The second-order valence-corrected chi connectivity index (χ2v) is 4.83. The normalized spacial score (nSPS) is 11.6. The summed E-state index contributed by atoms with van der Waals surface area (Å²) in [6, 6.07) is 6.52. The molecule has 86 valence electrons. The van der Waals surface area contributed by atoms with Gasteiger partial charge in [0.25, 0.3) is 0 Å². The lowest BCUT2D eigenvalue weighted by atomic mass is 10.1. The molecule has 0 unspecified atom stereocenters. The number of rotatable bonds is 3. The number of nitrogens with one attached hydrogen (secondary N) is 2. The zero-order valence-corrected chi connectivity index (χ0v) is 10.7. The van der Waals surface area contributed by atoms with Crippen molar-refractivity contribution in [1.29, 1.82) is 0 Å². The highest BCUT2D eigenvalue weighted by Crippen LogP contribution is 2.27. The summed E-state index contributed by atoms with van der Waals surface area (Å²) in [7, 11) is 0. The van der Waals surface area contributed by atoms with Crippen LogP contribution in [0.15, 0.2) is 18.2 Å². The van der Waals surface area contributed by atoms with Gasteiger partial charge in [0, 0.05) is 23.7 Å². The first-order valence-corrected chi connectivity index (χ1v) is 5.96. The molecule has 2 aromatic rings. The van der Waals surface area contributed by atoms with Crippen molar-refractivity contribution in [2.45, 2.75) is 33.4 Å². The molecule has 0 aliphatic heterocycles.